The number of benzene rings is 1. The van der Waals surface area contributed by atoms with Gasteiger partial charge in [-0.2, -0.15) is 0 Å². The molecule has 1 aromatic heterocycles. The molecule has 0 atom stereocenters. The van der Waals surface area contributed by atoms with Gasteiger partial charge in [-0.1, -0.05) is 52.0 Å². The van der Waals surface area contributed by atoms with Crippen LogP contribution in [0.5, 0.6) is 0 Å². The minimum absolute atomic E-state index is 0.577. The lowest BCUT2D eigenvalue weighted by atomic mass is 10.0. The van der Waals surface area contributed by atoms with E-state index in [0.29, 0.717) is 11.8 Å². The first-order valence-electron chi connectivity index (χ1n) is 6.86. The summed E-state index contributed by atoms with van der Waals surface area (Å²) in [4.78, 5) is 4.63. The molecule has 0 saturated heterocycles. The third-order valence-electron chi connectivity index (χ3n) is 3.04. The van der Waals surface area contributed by atoms with Gasteiger partial charge >= 0.3 is 0 Å². The standard InChI is InChI=1S/C16H22N2S/c1-11(2)9-17-16-18-15(10-19-16)14-7-5-13(6-8-14)12(3)4/h5-8,10-12H,9H2,1-4H3,(H,17,18). The summed E-state index contributed by atoms with van der Waals surface area (Å²) in [6.07, 6.45) is 0. The number of anilines is 1. The number of nitrogens with zero attached hydrogens (tertiary/aromatic N) is 1. The van der Waals surface area contributed by atoms with E-state index in [9.17, 15) is 0 Å². The number of rotatable bonds is 5. The maximum Gasteiger partial charge on any atom is 0.183 e. The topological polar surface area (TPSA) is 24.9 Å². The molecular formula is C16H22N2S. The molecule has 0 unspecified atom stereocenters. The Hall–Kier alpha value is -1.35. The van der Waals surface area contributed by atoms with E-state index < -0.39 is 0 Å². The largest absolute Gasteiger partial charge is 0.361 e. The minimum Gasteiger partial charge on any atom is -0.361 e. The van der Waals surface area contributed by atoms with Gasteiger partial charge in [0, 0.05) is 17.5 Å². The number of hydrogen-bond donors (Lipinski definition) is 1. The van der Waals surface area contributed by atoms with E-state index in [0.717, 1.165) is 17.4 Å². The van der Waals surface area contributed by atoms with Crippen molar-refractivity contribution in [1.82, 2.24) is 4.98 Å². The number of hydrogen-bond acceptors (Lipinski definition) is 3. The molecule has 1 N–H and O–H groups in total. The second-order valence-corrected chi connectivity index (χ2v) is 6.45. The van der Waals surface area contributed by atoms with Crippen LogP contribution in [0.3, 0.4) is 0 Å². The summed E-state index contributed by atoms with van der Waals surface area (Å²) in [6, 6.07) is 8.72. The van der Waals surface area contributed by atoms with E-state index in [1.54, 1.807) is 11.3 Å². The highest BCUT2D eigenvalue weighted by atomic mass is 32.1. The van der Waals surface area contributed by atoms with Crippen LogP contribution in [0.25, 0.3) is 11.3 Å². The molecule has 3 heteroatoms. The predicted molar refractivity (Wildman–Crippen MR) is 85.0 cm³/mol. The summed E-state index contributed by atoms with van der Waals surface area (Å²) < 4.78 is 0. The first kappa shape index (κ1) is 14.1. The van der Waals surface area contributed by atoms with Crippen molar-refractivity contribution < 1.29 is 0 Å². The molecule has 0 amide bonds. The van der Waals surface area contributed by atoms with Gasteiger partial charge in [-0.15, -0.1) is 11.3 Å². The highest BCUT2D eigenvalue weighted by Crippen LogP contribution is 2.26. The molecule has 2 rings (SSSR count). The second kappa shape index (κ2) is 6.20. The molecule has 1 aromatic carbocycles. The Bertz CT molecular complexity index is 512. The molecule has 2 nitrogen and oxygen atoms in total. The lowest BCUT2D eigenvalue weighted by Crippen LogP contribution is -2.07. The van der Waals surface area contributed by atoms with Crippen LogP contribution in [-0.4, -0.2) is 11.5 Å². The summed E-state index contributed by atoms with van der Waals surface area (Å²) >= 11 is 1.67. The normalized spacial score (nSPS) is 11.3. The molecule has 0 bridgehead atoms. The third kappa shape index (κ3) is 3.80. The van der Waals surface area contributed by atoms with Crippen LogP contribution in [-0.2, 0) is 0 Å². The summed E-state index contributed by atoms with van der Waals surface area (Å²) in [5.41, 5.74) is 3.63. The second-order valence-electron chi connectivity index (χ2n) is 5.59. The van der Waals surface area contributed by atoms with Crippen molar-refractivity contribution in [3.05, 3.63) is 35.2 Å². The van der Waals surface area contributed by atoms with Crippen molar-refractivity contribution in [3.63, 3.8) is 0 Å². The summed E-state index contributed by atoms with van der Waals surface area (Å²) in [7, 11) is 0. The first-order chi connectivity index (χ1) is 9.06. The van der Waals surface area contributed by atoms with Gasteiger partial charge in [0.1, 0.15) is 0 Å². The van der Waals surface area contributed by atoms with Crippen molar-refractivity contribution in [3.8, 4) is 11.3 Å². The fourth-order valence-corrected chi connectivity index (χ4v) is 2.55. The van der Waals surface area contributed by atoms with Gasteiger partial charge < -0.3 is 5.32 Å². The van der Waals surface area contributed by atoms with Gasteiger partial charge in [0.15, 0.2) is 5.13 Å². The molecule has 19 heavy (non-hydrogen) atoms. The van der Waals surface area contributed by atoms with Crippen LogP contribution in [0.15, 0.2) is 29.6 Å². The number of thiazole rings is 1. The van der Waals surface area contributed by atoms with E-state index in [2.05, 4.69) is 67.6 Å². The summed E-state index contributed by atoms with van der Waals surface area (Å²) in [6.45, 7) is 9.80. The third-order valence-corrected chi connectivity index (χ3v) is 3.84. The quantitative estimate of drug-likeness (QED) is 0.829. The minimum atomic E-state index is 0.577. The molecule has 2 aromatic rings. The maximum absolute atomic E-state index is 4.63. The Labute approximate surface area is 119 Å². The average Bonchev–Trinajstić information content (AvgIpc) is 2.85. The fraction of sp³-hybridized carbons (Fsp3) is 0.438. The Kier molecular flexibility index (Phi) is 4.59. The van der Waals surface area contributed by atoms with Crippen LogP contribution >= 0.6 is 11.3 Å². The molecule has 0 aliphatic carbocycles. The van der Waals surface area contributed by atoms with E-state index >= 15 is 0 Å². The van der Waals surface area contributed by atoms with Crippen LogP contribution in [0.4, 0.5) is 5.13 Å². The molecule has 0 saturated carbocycles. The summed E-state index contributed by atoms with van der Waals surface area (Å²) in [5, 5.41) is 6.50. The van der Waals surface area contributed by atoms with Gasteiger partial charge in [-0.25, -0.2) is 4.98 Å². The Morgan fingerprint density at radius 2 is 1.79 bits per heavy atom. The van der Waals surface area contributed by atoms with Crippen LogP contribution < -0.4 is 5.32 Å². The predicted octanol–water partition coefficient (Wildman–Crippen LogP) is 5.00. The molecule has 1 heterocycles. The Balaban J connectivity index is 2.09. The van der Waals surface area contributed by atoms with Crippen molar-refractivity contribution in [2.45, 2.75) is 33.6 Å². The lowest BCUT2D eigenvalue weighted by Gasteiger charge is -2.06. The molecule has 0 aliphatic rings. The highest BCUT2D eigenvalue weighted by Gasteiger charge is 2.06. The molecule has 0 aliphatic heterocycles. The zero-order chi connectivity index (χ0) is 13.8. The SMILES string of the molecule is CC(C)CNc1nc(-c2ccc(C(C)C)cc2)cs1. The van der Waals surface area contributed by atoms with Crippen LogP contribution in [0, 0.1) is 5.92 Å². The van der Waals surface area contributed by atoms with E-state index in [-0.39, 0.29) is 0 Å². The Morgan fingerprint density at radius 3 is 2.37 bits per heavy atom. The number of nitrogens with one attached hydrogen (secondary N) is 1. The van der Waals surface area contributed by atoms with Crippen molar-refractivity contribution in [1.29, 1.82) is 0 Å². The van der Waals surface area contributed by atoms with Gasteiger partial charge in [-0.05, 0) is 17.4 Å². The smallest absolute Gasteiger partial charge is 0.183 e. The van der Waals surface area contributed by atoms with Crippen LogP contribution in [0.1, 0.15) is 39.2 Å². The average molecular weight is 274 g/mol. The zero-order valence-corrected chi connectivity index (χ0v) is 12.9. The van der Waals surface area contributed by atoms with E-state index in [1.807, 2.05) is 0 Å². The Morgan fingerprint density at radius 1 is 1.11 bits per heavy atom. The molecular weight excluding hydrogens is 252 g/mol. The highest BCUT2D eigenvalue weighted by molar-refractivity contribution is 7.14. The number of aromatic nitrogens is 1. The summed E-state index contributed by atoms with van der Waals surface area (Å²) in [5.74, 6) is 1.21. The van der Waals surface area contributed by atoms with Crippen LogP contribution in [0.2, 0.25) is 0 Å². The van der Waals surface area contributed by atoms with Gasteiger partial charge in [-0.3, -0.25) is 0 Å². The van der Waals surface area contributed by atoms with Gasteiger partial charge in [0.05, 0.1) is 5.69 Å². The van der Waals surface area contributed by atoms with Gasteiger partial charge in [0.2, 0.25) is 0 Å². The van der Waals surface area contributed by atoms with E-state index in [1.165, 1.54) is 11.1 Å². The lowest BCUT2D eigenvalue weighted by molar-refractivity contribution is 0.688. The van der Waals surface area contributed by atoms with Crippen molar-refractivity contribution in [2.75, 3.05) is 11.9 Å². The van der Waals surface area contributed by atoms with E-state index in [4.69, 9.17) is 0 Å². The fourth-order valence-electron chi connectivity index (χ4n) is 1.82. The first-order valence-corrected chi connectivity index (χ1v) is 7.74. The molecule has 102 valence electrons. The van der Waals surface area contributed by atoms with Crippen molar-refractivity contribution in [2.24, 2.45) is 5.92 Å². The molecule has 0 fully saturated rings. The molecule has 0 spiro atoms. The monoisotopic (exact) mass is 274 g/mol. The zero-order valence-electron chi connectivity index (χ0n) is 12.1. The van der Waals surface area contributed by atoms with Crippen molar-refractivity contribution >= 4 is 16.5 Å². The molecule has 0 radical (unpaired) electrons. The van der Waals surface area contributed by atoms with Gasteiger partial charge in [0.25, 0.3) is 0 Å². The maximum atomic E-state index is 4.63.